The fourth-order valence-electron chi connectivity index (χ4n) is 3.07. The fourth-order valence-corrected chi connectivity index (χ4v) is 3.38. The van der Waals surface area contributed by atoms with E-state index in [1.54, 1.807) is 50.1 Å². The Hall–Kier alpha value is -2.23. The zero-order valence-corrected chi connectivity index (χ0v) is 18.6. The van der Waals surface area contributed by atoms with Gasteiger partial charge in [0, 0.05) is 51.2 Å². The first-order valence-electron chi connectivity index (χ1n) is 9.92. The Morgan fingerprint density at radius 3 is 2.73 bits per heavy atom. The molecule has 2 rings (SSSR count). The number of likely N-dealkylation sites (N-methyl/N-ethyl adjacent to an activating group) is 1. The number of amides is 1. The molecule has 1 saturated heterocycles. The number of halogens is 2. The Bertz CT molecular complexity index is 688. The third-order valence-electron chi connectivity index (χ3n) is 4.66. The highest BCUT2D eigenvalue weighted by Gasteiger charge is 2.21. The van der Waals surface area contributed by atoms with Crippen LogP contribution >= 0.6 is 11.8 Å². The Labute approximate surface area is 181 Å². The maximum atomic E-state index is 12.3. The molecular weight excluding hydrogens is 412 g/mol. The van der Waals surface area contributed by atoms with Crippen LogP contribution in [0.15, 0.2) is 29.3 Å². The highest BCUT2D eigenvalue weighted by molar-refractivity contribution is 7.98. The summed E-state index contributed by atoms with van der Waals surface area (Å²) in [4.78, 5) is 20.1. The third kappa shape index (κ3) is 8.25. The van der Waals surface area contributed by atoms with E-state index < -0.39 is 6.61 Å². The summed E-state index contributed by atoms with van der Waals surface area (Å²) < 4.78 is 29.1. The molecule has 10 heteroatoms. The van der Waals surface area contributed by atoms with E-state index in [9.17, 15) is 13.6 Å². The second-order valence-corrected chi connectivity index (χ2v) is 8.16. The van der Waals surface area contributed by atoms with Crippen LogP contribution in [-0.2, 0) is 4.79 Å². The second-order valence-electron chi connectivity index (χ2n) is 7.17. The summed E-state index contributed by atoms with van der Waals surface area (Å²) in [6.45, 7) is -0.344. The molecule has 1 aromatic carbocycles. The van der Waals surface area contributed by atoms with Crippen LogP contribution < -0.4 is 20.3 Å². The van der Waals surface area contributed by atoms with Crippen molar-refractivity contribution in [2.45, 2.75) is 25.5 Å². The molecule has 1 heterocycles. The molecule has 1 fully saturated rings. The van der Waals surface area contributed by atoms with Crippen LogP contribution in [-0.4, -0.2) is 81.7 Å². The normalized spacial score (nSPS) is 17.1. The number of nitrogens with one attached hydrogen (secondary N) is 2. The lowest BCUT2D eigenvalue weighted by atomic mass is 10.0. The number of thioether (sulfide) groups is 1. The van der Waals surface area contributed by atoms with Gasteiger partial charge < -0.3 is 25.2 Å². The molecule has 0 aromatic heterocycles. The number of hydrogen-bond acceptors (Lipinski definition) is 5. The number of nitrogens with zero attached hydrogens (tertiary/aromatic N) is 3. The summed E-state index contributed by atoms with van der Waals surface area (Å²) in [6.07, 6.45) is 4.01. The highest BCUT2D eigenvalue weighted by Crippen LogP contribution is 2.23. The van der Waals surface area contributed by atoms with Crippen LogP contribution in [0.25, 0.3) is 0 Å². The van der Waals surface area contributed by atoms with Crippen LogP contribution in [0.5, 0.6) is 5.75 Å². The minimum Gasteiger partial charge on any atom is -0.435 e. The third-order valence-corrected chi connectivity index (χ3v) is 5.27. The van der Waals surface area contributed by atoms with E-state index in [1.165, 1.54) is 4.90 Å². The van der Waals surface area contributed by atoms with Gasteiger partial charge in [0.15, 0.2) is 5.96 Å². The molecular formula is C20H31F2N5O2S. The number of hydrogen-bond donors (Lipinski definition) is 2. The topological polar surface area (TPSA) is 69.2 Å². The van der Waals surface area contributed by atoms with Crippen molar-refractivity contribution >= 4 is 29.3 Å². The molecule has 0 radical (unpaired) electrons. The number of anilines is 1. The second kappa shape index (κ2) is 12.5. The van der Waals surface area contributed by atoms with Crippen molar-refractivity contribution in [1.29, 1.82) is 0 Å². The maximum absolute atomic E-state index is 12.3. The van der Waals surface area contributed by atoms with Gasteiger partial charge in [0.05, 0.1) is 0 Å². The zero-order chi connectivity index (χ0) is 21.9. The average Bonchev–Trinajstić information content (AvgIpc) is 2.72. The minimum atomic E-state index is -2.82. The molecule has 0 bridgehead atoms. The van der Waals surface area contributed by atoms with E-state index in [4.69, 9.17) is 0 Å². The average molecular weight is 444 g/mol. The van der Waals surface area contributed by atoms with Gasteiger partial charge in [-0.3, -0.25) is 4.79 Å². The largest absolute Gasteiger partial charge is 0.435 e. The standard InChI is InChI=1S/C20H31F2N5O2S/c1-26(2)18(28)13-24-20(23-10-12-30-3)25-15-5-4-11-27(14-15)16-6-8-17(9-7-16)29-19(21)22/h6-9,15,19H,4-5,10-14H2,1-3H3,(H2,23,24,25). The SMILES string of the molecule is CSCCNC(=NCC(=O)N(C)C)NC1CCCN(c2ccc(OC(F)F)cc2)C1. The molecule has 168 valence electrons. The molecule has 7 nitrogen and oxygen atoms in total. The summed E-state index contributed by atoms with van der Waals surface area (Å²) in [5.41, 5.74) is 0.958. The molecule has 0 saturated carbocycles. The molecule has 0 spiro atoms. The number of piperidine rings is 1. The van der Waals surface area contributed by atoms with Gasteiger partial charge in [0.2, 0.25) is 5.91 Å². The van der Waals surface area contributed by atoms with Crippen molar-refractivity contribution in [3.05, 3.63) is 24.3 Å². The van der Waals surface area contributed by atoms with Crippen LogP contribution in [0.4, 0.5) is 14.5 Å². The molecule has 0 aliphatic carbocycles. The van der Waals surface area contributed by atoms with E-state index in [1.807, 2.05) is 6.26 Å². The summed E-state index contributed by atoms with van der Waals surface area (Å²) >= 11 is 1.74. The summed E-state index contributed by atoms with van der Waals surface area (Å²) in [5, 5.41) is 6.72. The number of benzene rings is 1. The number of aliphatic imine (C=N–C) groups is 1. The van der Waals surface area contributed by atoms with E-state index in [-0.39, 0.29) is 24.2 Å². The molecule has 30 heavy (non-hydrogen) atoms. The van der Waals surface area contributed by atoms with Gasteiger partial charge >= 0.3 is 6.61 Å². The van der Waals surface area contributed by atoms with Crippen LogP contribution in [0.3, 0.4) is 0 Å². The predicted molar refractivity (Wildman–Crippen MR) is 119 cm³/mol. The molecule has 1 aromatic rings. The first-order chi connectivity index (χ1) is 14.4. The van der Waals surface area contributed by atoms with Crippen LogP contribution in [0.1, 0.15) is 12.8 Å². The monoisotopic (exact) mass is 443 g/mol. The van der Waals surface area contributed by atoms with Crippen molar-refractivity contribution in [3.8, 4) is 5.75 Å². The van der Waals surface area contributed by atoms with Gasteiger partial charge in [-0.05, 0) is 43.4 Å². The lowest BCUT2D eigenvalue weighted by molar-refractivity contribution is -0.127. The van der Waals surface area contributed by atoms with Crippen molar-refractivity contribution in [3.63, 3.8) is 0 Å². The predicted octanol–water partition coefficient (Wildman–Crippen LogP) is 2.24. The number of carbonyl (C=O) groups excluding carboxylic acids is 1. The van der Waals surface area contributed by atoms with Crippen LogP contribution in [0.2, 0.25) is 0 Å². The van der Waals surface area contributed by atoms with Gasteiger partial charge in [-0.1, -0.05) is 0 Å². The van der Waals surface area contributed by atoms with E-state index in [0.29, 0.717) is 5.96 Å². The Kier molecular flexibility index (Phi) is 9.99. The van der Waals surface area contributed by atoms with Crippen molar-refractivity contribution in [2.24, 2.45) is 4.99 Å². The Morgan fingerprint density at radius 1 is 1.37 bits per heavy atom. The molecule has 1 aliphatic heterocycles. The number of ether oxygens (including phenoxy) is 1. The Balaban J connectivity index is 1.98. The Morgan fingerprint density at radius 2 is 2.10 bits per heavy atom. The highest BCUT2D eigenvalue weighted by atomic mass is 32.2. The number of rotatable bonds is 9. The van der Waals surface area contributed by atoms with Crippen molar-refractivity contribution in [1.82, 2.24) is 15.5 Å². The molecule has 1 amide bonds. The van der Waals surface area contributed by atoms with E-state index >= 15 is 0 Å². The van der Waals surface area contributed by atoms with E-state index in [2.05, 4.69) is 25.3 Å². The first-order valence-corrected chi connectivity index (χ1v) is 11.3. The first kappa shape index (κ1) is 24.0. The molecule has 1 aliphatic rings. The van der Waals surface area contributed by atoms with E-state index in [0.717, 1.165) is 43.9 Å². The van der Waals surface area contributed by atoms with Crippen LogP contribution in [0, 0.1) is 0 Å². The molecule has 1 unspecified atom stereocenters. The van der Waals surface area contributed by atoms with Crippen molar-refractivity contribution in [2.75, 3.05) is 57.2 Å². The maximum Gasteiger partial charge on any atom is 0.387 e. The van der Waals surface area contributed by atoms with Crippen molar-refractivity contribution < 1.29 is 18.3 Å². The molecule has 1 atom stereocenters. The number of carbonyl (C=O) groups is 1. The quantitative estimate of drug-likeness (QED) is 0.347. The van der Waals surface area contributed by atoms with Gasteiger partial charge in [0.25, 0.3) is 0 Å². The van der Waals surface area contributed by atoms with Gasteiger partial charge in [-0.25, -0.2) is 4.99 Å². The number of guanidine groups is 1. The summed E-state index contributed by atoms with van der Waals surface area (Å²) in [7, 11) is 3.42. The zero-order valence-electron chi connectivity index (χ0n) is 17.7. The van der Waals surface area contributed by atoms with Gasteiger partial charge in [0.1, 0.15) is 12.3 Å². The van der Waals surface area contributed by atoms with Gasteiger partial charge in [-0.15, -0.1) is 0 Å². The lowest BCUT2D eigenvalue weighted by Crippen LogP contribution is -2.51. The smallest absolute Gasteiger partial charge is 0.387 e. The minimum absolute atomic E-state index is 0.0580. The molecule has 2 N–H and O–H groups in total. The summed E-state index contributed by atoms with van der Waals surface area (Å²) in [6, 6.07) is 6.86. The van der Waals surface area contributed by atoms with Gasteiger partial charge in [-0.2, -0.15) is 20.5 Å². The summed E-state index contributed by atoms with van der Waals surface area (Å²) in [5.74, 6) is 1.66. The lowest BCUT2D eigenvalue weighted by Gasteiger charge is -2.35. The fraction of sp³-hybridized carbons (Fsp3) is 0.600. The number of alkyl halides is 2.